The summed E-state index contributed by atoms with van der Waals surface area (Å²) in [5, 5.41) is 7.36. The summed E-state index contributed by atoms with van der Waals surface area (Å²) in [6, 6.07) is 0.684. The van der Waals surface area contributed by atoms with Crippen LogP contribution in [0.15, 0.2) is 24.7 Å². The van der Waals surface area contributed by atoms with Crippen LogP contribution >= 0.6 is 11.6 Å². The summed E-state index contributed by atoms with van der Waals surface area (Å²) in [4.78, 5) is 11.9. The summed E-state index contributed by atoms with van der Waals surface area (Å²) in [6.07, 6.45) is -2.62. The van der Waals surface area contributed by atoms with Gasteiger partial charge in [0.1, 0.15) is 24.3 Å². The number of methoxy groups -OCH3 is 1. The summed E-state index contributed by atoms with van der Waals surface area (Å²) < 4.78 is 88.7. The Labute approximate surface area is 232 Å². The first-order valence-corrected chi connectivity index (χ1v) is 14.0. The van der Waals surface area contributed by atoms with E-state index in [9.17, 15) is 21.6 Å². The maximum absolute atomic E-state index is 13.7. The summed E-state index contributed by atoms with van der Waals surface area (Å²) in [6.45, 7) is 4.78. The fraction of sp³-hybridized carbons (Fsp3) is 0.522. The summed E-state index contributed by atoms with van der Waals surface area (Å²) in [5.41, 5.74) is 0.0904. The normalized spacial score (nSPS) is 17.0. The fourth-order valence-electron chi connectivity index (χ4n) is 4.13. The molecule has 17 heteroatoms. The Bertz CT molecular complexity index is 1440. The molecule has 0 saturated carbocycles. The van der Waals surface area contributed by atoms with Gasteiger partial charge >= 0.3 is 6.36 Å². The first kappa shape index (κ1) is 29.9. The molecule has 0 unspecified atom stereocenters. The van der Waals surface area contributed by atoms with E-state index >= 15 is 0 Å². The Kier molecular flexibility index (Phi) is 8.82. The molecule has 3 aromatic heterocycles. The quantitative estimate of drug-likeness (QED) is 0.333. The van der Waals surface area contributed by atoms with Crippen molar-refractivity contribution >= 4 is 21.4 Å². The Morgan fingerprint density at radius 3 is 2.50 bits per heavy atom. The Morgan fingerprint density at radius 2 is 1.88 bits per heavy atom. The number of fused-ring (bicyclic) bond motifs is 3. The van der Waals surface area contributed by atoms with Crippen LogP contribution in [-0.4, -0.2) is 76.2 Å². The molecule has 0 N–H and O–H groups in total. The van der Waals surface area contributed by atoms with Gasteiger partial charge in [-0.05, 0) is 26.8 Å². The fourth-order valence-corrected chi connectivity index (χ4v) is 5.61. The van der Waals surface area contributed by atoms with Crippen LogP contribution in [-0.2, 0) is 25.1 Å². The van der Waals surface area contributed by atoms with Crippen LogP contribution in [0.1, 0.15) is 44.6 Å². The third-order valence-electron chi connectivity index (χ3n) is 5.87. The minimum Gasteiger partial charge on any atom is -0.485 e. The van der Waals surface area contributed by atoms with Crippen LogP contribution in [0.25, 0.3) is 11.4 Å². The molecule has 0 aromatic carbocycles. The second kappa shape index (κ2) is 11.8. The molecule has 40 heavy (non-hydrogen) atoms. The largest absolute Gasteiger partial charge is 0.574 e. The second-order valence-electron chi connectivity index (χ2n) is 9.15. The molecule has 218 valence electrons. The number of ether oxygens (including phenoxy) is 4. The van der Waals surface area contributed by atoms with E-state index in [0.29, 0.717) is 0 Å². The van der Waals surface area contributed by atoms with E-state index in [1.165, 1.54) is 37.1 Å². The SMILES string of the molecule is COC[C@H]1COc2c(ccnc2OC(F)(F)F)-c2nnc(CS(=O)(=O)[C@@H](C)[C@@H](OC(C)C)c3ncc(Cl)cn3)n21. The molecular formula is C23H26ClF3N6O6S. The van der Waals surface area contributed by atoms with Gasteiger partial charge in [0.05, 0.1) is 34.6 Å². The first-order valence-electron chi connectivity index (χ1n) is 12.0. The molecule has 4 rings (SSSR count). The van der Waals surface area contributed by atoms with Gasteiger partial charge in [0.15, 0.2) is 27.2 Å². The zero-order chi connectivity index (χ0) is 29.2. The minimum atomic E-state index is -5.02. The molecule has 4 heterocycles. The third-order valence-corrected chi connectivity index (χ3v) is 8.11. The van der Waals surface area contributed by atoms with E-state index in [0.717, 1.165) is 6.20 Å². The Balaban J connectivity index is 1.73. The zero-order valence-electron chi connectivity index (χ0n) is 21.8. The standard InChI is InChI=1S/C23H26ClF3N6O6S/c1-12(2)38-18(20-29-7-14(24)8-30-20)13(3)40(34,35)11-17-31-32-21-16-5-6-28-22(39-23(25,26)27)19(16)37-10-15(9-36-4)33(17)21/h5-8,12-13,15,18H,9-11H2,1-4H3/t13-,15-,18+/m0/s1. The molecule has 0 spiro atoms. The third kappa shape index (κ3) is 6.62. The van der Waals surface area contributed by atoms with Crippen molar-refractivity contribution in [1.82, 2.24) is 29.7 Å². The van der Waals surface area contributed by atoms with Crippen molar-refractivity contribution in [3.63, 3.8) is 0 Å². The first-order chi connectivity index (χ1) is 18.8. The average molecular weight is 607 g/mol. The predicted octanol–water partition coefficient (Wildman–Crippen LogP) is 3.73. The van der Waals surface area contributed by atoms with E-state index in [1.54, 1.807) is 13.8 Å². The molecule has 1 aliphatic rings. The monoisotopic (exact) mass is 606 g/mol. The van der Waals surface area contributed by atoms with Gasteiger partial charge < -0.3 is 23.5 Å². The number of sulfone groups is 1. The maximum Gasteiger partial charge on any atom is 0.574 e. The van der Waals surface area contributed by atoms with Gasteiger partial charge in [-0.1, -0.05) is 11.6 Å². The number of hydrogen-bond acceptors (Lipinski definition) is 11. The van der Waals surface area contributed by atoms with E-state index in [1.807, 2.05) is 0 Å². The van der Waals surface area contributed by atoms with Crippen molar-refractivity contribution in [2.45, 2.75) is 56.4 Å². The minimum absolute atomic E-state index is 0.0161. The molecule has 0 bridgehead atoms. The van der Waals surface area contributed by atoms with E-state index in [4.69, 9.17) is 25.8 Å². The lowest BCUT2D eigenvalue weighted by molar-refractivity contribution is -0.276. The van der Waals surface area contributed by atoms with Crippen LogP contribution < -0.4 is 9.47 Å². The molecule has 3 aromatic rings. The molecular weight excluding hydrogens is 581 g/mol. The topological polar surface area (TPSA) is 140 Å². The lowest BCUT2D eigenvalue weighted by Gasteiger charge is -2.25. The van der Waals surface area contributed by atoms with Gasteiger partial charge in [-0.15, -0.1) is 23.4 Å². The number of hydrogen-bond donors (Lipinski definition) is 0. The average Bonchev–Trinajstić information content (AvgIpc) is 3.19. The number of nitrogens with zero attached hydrogens (tertiary/aromatic N) is 6. The molecule has 0 aliphatic carbocycles. The lowest BCUT2D eigenvalue weighted by atomic mass is 10.2. The van der Waals surface area contributed by atoms with Gasteiger partial charge in [0, 0.05) is 25.7 Å². The van der Waals surface area contributed by atoms with E-state index in [-0.39, 0.29) is 53.1 Å². The van der Waals surface area contributed by atoms with Gasteiger partial charge in [0.2, 0.25) is 0 Å². The van der Waals surface area contributed by atoms with Crippen LogP contribution in [0.2, 0.25) is 5.02 Å². The number of rotatable bonds is 10. The molecule has 0 radical (unpaired) electrons. The Hall–Kier alpha value is -3.08. The number of pyridine rings is 1. The van der Waals surface area contributed by atoms with Gasteiger partial charge in [-0.2, -0.15) is 0 Å². The molecule has 12 nitrogen and oxygen atoms in total. The smallest absolute Gasteiger partial charge is 0.485 e. The summed E-state index contributed by atoms with van der Waals surface area (Å²) >= 11 is 5.89. The van der Waals surface area contributed by atoms with Crippen LogP contribution in [0.3, 0.4) is 0 Å². The van der Waals surface area contributed by atoms with Crippen LogP contribution in [0.4, 0.5) is 13.2 Å². The number of halogens is 4. The maximum atomic E-state index is 13.7. The highest BCUT2D eigenvalue weighted by Gasteiger charge is 2.39. The van der Waals surface area contributed by atoms with Gasteiger partial charge in [0.25, 0.3) is 5.88 Å². The molecule has 3 atom stereocenters. The van der Waals surface area contributed by atoms with Crippen molar-refractivity contribution in [3.05, 3.63) is 41.3 Å². The van der Waals surface area contributed by atoms with Crippen LogP contribution in [0.5, 0.6) is 11.6 Å². The highest BCUT2D eigenvalue weighted by Crippen LogP contribution is 2.42. The Morgan fingerprint density at radius 1 is 1.18 bits per heavy atom. The molecule has 0 amide bonds. The van der Waals surface area contributed by atoms with Crippen molar-refractivity contribution in [2.75, 3.05) is 20.3 Å². The zero-order valence-corrected chi connectivity index (χ0v) is 23.4. The van der Waals surface area contributed by atoms with Gasteiger partial charge in [-0.3, -0.25) is 0 Å². The number of alkyl halides is 3. The van der Waals surface area contributed by atoms with Crippen molar-refractivity contribution < 1.29 is 40.5 Å². The molecule has 1 aliphatic heterocycles. The second-order valence-corrected chi connectivity index (χ2v) is 11.9. The van der Waals surface area contributed by atoms with E-state index in [2.05, 4.69) is 29.9 Å². The van der Waals surface area contributed by atoms with Crippen molar-refractivity contribution in [2.24, 2.45) is 0 Å². The number of aromatic nitrogens is 6. The highest BCUT2D eigenvalue weighted by molar-refractivity contribution is 7.91. The van der Waals surface area contributed by atoms with Crippen LogP contribution in [0, 0.1) is 0 Å². The van der Waals surface area contributed by atoms with Gasteiger partial charge in [-0.25, -0.2) is 23.4 Å². The summed E-state index contributed by atoms with van der Waals surface area (Å²) in [7, 11) is -2.59. The predicted molar refractivity (Wildman–Crippen MR) is 134 cm³/mol. The van der Waals surface area contributed by atoms with E-state index < -0.39 is 45.2 Å². The van der Waals surface area contributed by atoms with Crippen molar-refractivity contribution in [3.8, 4) is 23.0 Å². The van der Waals surface area contributed by atoms with Crippen molar-refractivity contribution in [1.29, 1.82) is 0 Å². The lowest BCUT2D eigenvalue weighted by Crippen LogP contribution is -2.32. The summed E-state index contributed by atoms with van der Waals surface area (Å²) in [5.74, 6) is -1.47. The molecule has 0 saturated heterocycles. The highest BCUT2D eigenvalue weighted by atomic mass is 35.5. The molecule has 0 fully saturated rings.